The molecule has 2 aliphatic rings. The molecule has 2 aliphatic carbocycles. The van der Waals surface area contributed by atoms with Gasteiger partial charge >= 0.3 is 0 Å². The summed E-state index contributed by atoms with van der Waals surface area (Å²) in [5, 5.41) is 2.22. The Morgan fingerprint density at radius 1 is 0.923 bits per heavy atom. The fourth-order valence-electron chi connectivity index (χ4n) is 4.43. The van der Waals surface area contributed by atoms with Crippen molar-refractivity contribution in [1.29, 1.82) is 0 Å². The number of aryl methyl sites for hydroxylation is 1. The van der Waals surface area contributed by atoms with E-state index in [0.717, 1.165) is 35.3 Å². The molecule has 26 heavy (non-hydrogen) atoms. The molecule has 0 aliphatic heterocycles. The second kappa shape index (κ2) is 7.22. The molecule has 0 saturated carbocycles. The van der Waals surface area contributed by atoms with Crippen LogP contribution >= 0.6 is 15.9 Å². The van der Waals surface area contributed by atoms with E-state index in [0.29, 0.717) is 13.2 Å². The van der Waals surface area contributed by atoms with E-state index < -0.39 is 0 Å². The van der Waals surface area contributed by atoms with E-state index in [-0.39, 0.29) is 10.6 Å². The van der Waals surface area contributed by atoms with Crippen LogP contribution in [0.3, 0.4) is 0 Å². The molecule has 0 amide bonds. The van der Waals surface area contributed by atoms with E-state index in [9.17, 15) is 4.79 Å². The highest BCUT2D eigenvalue weighted by molar-refractivity contribution is 9.09. The summed E-state index contributed by atoms with van der Waals surface area (Å²) in [6, 6.07) is 4.14. The lowest BCUT2D eigenvalue weighted by molar-refractivity contribution is 0.0967. The van der Waals surface area contributed by atoms with Crippen molar-refractivity contribution < 1.29 is 14.3 Å². The number of carbonyl (C=O) groups is 1. The Kier molecular flexibility index (Phi) is 4.96. The minimum Gasteiger partial charge on any atom is -0.490 e. The molecule has 1 atom stereocenters. The number of ketones is 1. The fraction of sp³-hybridized carbons (Fsp3) is 0.500. The number of benzene rings is 2. The van der Waals surface area contributed by atoms with Crippen molar-refractivity contribution >= 4 is 32.5 Å². The topological polar surface area (TPSA) is 35.5 Å². The van der Waals surface area contributed by atoms with Gasteiger partial charge in [-0.25, -0.2) is 0 Å². The van der Waals surface area contributed by atoms with E-state index >= 15 is 0 Å². The Morgan fingerprint density at radius 3 is 2.12 bits per heavy atom. The van der Waals surface area contributed by atoms with Gasteiger partial charge in [-0.3, -0.25) is 4.79 Å². The van der Waals surface area contributed by atoms with Crippen LogP contribution in [0.15, 0.2) is 12.1 Å². The second-order valence-corrected chi connectivity index (χ2v) is 8.01. The van der Waals surface area contributed by atoms with Gasteiger partial charge in [-0.1, -0.05) is 28.8 Å². The van der Waals surface area contributed by atoms with Crippen LogP contribution in [0.1, 0.15) is 71.4 Å². The van der Waals surface area contributed by atoms with Gasteiger partial charge in [0.2, 0.25) is 0 Å². The zero-order valence-corrected chi connectivity index (χ0v) is 17.1. The van der Waals surface area contributed by atoms with Gasteiger partial charge in [-0.15, -0.1) is 0 Å². The van der Waals surface area contributed by atoms with Crippen LogP contribution in [0.5, 0.6) is 11.5 Å². The van der Waals surface area contributed by atoms with Gasteiger partial charge in [0.05, 0.1) is 13.2 Å². The van der Waals surface area contributed by atoms with Gasteiger partial charge in [0.1, 0.15) is 4.83 Å². The molecule has 0 saturated heterocycles. The number of alkyl halides is 1. The van der Waals surface area contributed by atoms with Crippen molar-refractivity contribution in [1.82, 2.24) is 0 Å². The number of carbonyl (C=O) groups excluding carboxylic acids is 1. The number of hydrogen-bond donors (Lipinski definition) is 0. The van der Waals surface area contributed by atoms with Crippen molar-refractivity contribution in [3.05, 3.63) is 34.4 Å². The maximum Gasteiger partial charge on any atom is 0.181 e. The molecule has 0 aromatic heterocycles. The van der Waals surface area contributed by atoms with Crippen LogP contribution in [0.4, 0.5) is 0 Å². The zero-order valence-electron chi connectivity index (χ0n) is 15.5. The monoisotopic (exact) mass is 416 g/mol. The first-order valence-corrected chi connectivity index (χ1v) is 10.7. The van der Waals surface area contributed by atoms with E-state index in [1.54, 1.807) is 0 Å². The minimum absolute atomic E-state index is 0.141. The number of ether oxygens (including phenoxy) is 2. The normalized spacial score (nSPS) is 19.2. The Labute approximate surface area is 163 Å². The molecule has 0 heterocycles. The maximum atomic E-state index is 12.7. The molecule has 0 N–H and O–H groups in total. The molecule has 3 nitrogen and oxygen atoms in total. The molecule has 0 spiro atoms. The van der Waals surface area contributed by atoms with Gasteiger partial charge in [-0.2, -0.15) is 0 Å². The Hall–Kier alpha value is -1.55. The fourth-order valence-corrected chi connectivity index (χ4v) is 5.16. The van der Waals surface area contributed by atoms with Gasteiger partial charge in [-0.05, 0) is 79.1 Å². The number of halogens is 1. The average Bonchev–Trinajstić information content (AvgIpc) is 2.62. The van der Waals surface area contributed by atoms with E-state index in [1.807, 2.05) is 19.9 Å². The smallest absolute Gasteiger partial charge is 0.181 e. The van der Waals surface area contributed by atoms with Crippen LogP contribution in [-0.4, -0.2) is 19.0 Å². The molecule has 2 aromatic rings. The number of hydrogen-bond acceptors (Lipinski definition) is 3. The minimum atomic E-state index is -0.141. The molecule has 138 valence electrons. The molecule has 2 aromatic carbocycles. The molecular weight excluding hydrogens is 392 g/mol. The first kappa shape index (κ1) is 17.8. The Balaban J connectivity index is 2.02. The lowest BCUT2D eigenvalue weighted by Gasteiger charge is -2.32. The van der Waals surface area contributed by atoms with Crippen molar-refractivity contribution in [2.24, 2.45) is 0 Å². The Bertz CT molecular complexity index is 872. The number of fused-ring (bicyclic) bond motifs is 6. The quantitative estimate of drug-likeness (QED) is 0.579. The van der Waals surface area contributed by atoms with Crippen molar-refractivity contribution in [2.45, 2.75) is 57.2 Å². The van der Waals surface area contributed by atoms with Gasteiger partial charge < -0.3 is 9.47 Å². The standard InChI is InChI=1S/C22H25BrO3/c1-3-25-17-11-15-13-9-7-5-6-8-10-14(13)19-20(22(24)21(19)23)16(15)12-18(17)26-4-2/h11-12,21H,3-10H2,1-2H3. The van der Waals surface area contributed by atoms with Crippen LogP contribution in [0, 0.1) is 0 Å². The summed E-state index contributed by atoms with van der Waals surface area (Å²) in [5.41, 5.74) is 4.94. The van der Waals surface area contributed by atoms with Crippen LogP contribution in [-0.2, 0) is 12.8 Å². The molecule has 0 radical (unpaired) electrons. The highest BCUT2D eigenvalue weighted by Gasteiger charge is 2.39. The van der Waals surface area contributed by atoms with E-state index in [2.05, 4.69) is 22.0 Å². The van der Waals surface area contributed by atoms with Crippen molar-refractivity contribution in [2.75, 3.05) is 13.2 Å². The van der Waals surface area contributed by atoms with Crippen LogP contribution in [0.25, 0.3) is 10.8 Å². The van der Waals surface area contributed by atoms with Gasteiger partial charge in [0.25, 0.3) is 0 Å². The first-order chi connectivity index (χ1) is 12.7. The SMILES string of the molecule is CCOc1cc2c3c(c4c(c2cc1OCC)C(=O)C4Br)CCCCCC3. The Morgan fingerprint density at radius 2 is 1.50 bits per heavy atom. The third-order valence-corrected chi connectivity index (χ3v) is 6.44. The van der Waals surface area contributed by atoms with E-state index in [1.165, 1.54) is 47.8 Å². The second-order valence-electron chi connectivity index (χ2n) is 7.10. The average molecular weight is 417 g/mol. The molecule has 4 heteroatoms. The summed E-state index contributed by atoms with van der Waals surface area (Å²) in [4.78, 5) is 12.5. The number of Topliss-reactive ketones (excluding diaryl/α,β-unsaturated/α-hetero) is 1. The van der Waals surface area contributed by atoms with E-state index in [4.69, 9.17) is 9.47 Å². The summed E-state index contributed by atoms with van der Waals surface area (Å²) >= 11 is 3.62. The molecule has 1 unspecified atom stereocenters. The number of rotatable bonds is 4. The lowest BCUT2D eigenvalue weighted by Crippen LogP contribution is -2.26. The zero-order chi connectivity index (χ0) is 18.3. The van der Waals surface area contributed by atoms with Gasteiger partial charge in [0, 0.05) is 5.56 Å². The third kappa shape index (κ3) is 2.74. The summed E-state index contributed by atoms with van der Waals surface area (Å²) in [5.74, 6) is 1.72. The predicted octanol–water partition coefficient (Wildman–Crippen LogP) is 5.93. The lowest BCUT2D eigenvalue weighted by atomic mass is 9.74. The summed E-state index contributed by atoms with van der Waals surface area (Å²) in [6.07, 6.45) is 7.12. The highest BCUT2D eigenvalue weighted by Crippen LogP contribution is 2.50. The maximum absolute atomic E-state index is 12.7. The molecular formula is C22H25BrO3. The summed E-state index contributed by atoms with van der Waals surface area (Å²) < 4.78 is 11.7. The van der Waals surface area contributed by atoms with Gasteiger partial charge in [0.15, 0.2) is 17.3 Å². The predicted molar refractivity (Wildman–Crippen MR) is 108 cm³/mol. The molecule has 0 bridgehead atoms. The highest BCUT2D eigenvalue weighted by atomic mass is 79.9. The first-order valence-electron chi connectivity index (χ1n) is 9.76. The molecule has 4 rings (SSSR count). The summed E-state index contributed by atoms with van der Waals surface area (Å²) in [6.45, 7) is 5.13. The summed E-state index contributed by atoms with van der Waals surface area (Å²) in [7, 11) is 0. The third-order valence-electron chi connectivity index (χ3n) is 5.57. The van der Waals surface area contributed by atoms with Crippen LogP contribution in [0.2, 0.25) is 0 Å². The van der Waals surface area contributed by atoms with Crippen molar-refractivity contribution in [3.8, 4) is 11.5 Å². The molecule has 0 fully saturated rings. The largest absolute Gasteiger partial charge is 0.490 e. The van der Waals surface area contributed by atoms with Crippen molar-refractivity contribution in [3.63, 3.8) is 0 Å². The van der Waals surface area contributed by atoms with Crippen LogP contribution < -0.4 is 9.47 Å².